The van der Waals surface area contributed by atoms with Gasteiger partial charge in [0.05, 0.1) is 0 Å². The highest BCUT2D eigenvalue weighted by Gasteiger charge is 2.10. The summed E-state index contributed by atoms with van der Waals surface area (Å²) in [5.74, 6) is 0. The van der Waals surface area contributed by atoms with Crippen LogP contribution in [-0.2, 0) is 12.8 Å². The lowest BCUT2D eigenvalue weighted by atomic mass is 9.98. The second kappa shape index (κ2) is 7.54. The maximum atomic E-state index is 3.63. The van der Waals surface area contributed by atoms with Gasteiger partial charge in [-0.3, -0.25) is 0 Å². The number of hydrogen-bond donors (Lipinski definition) is 2. The maximum absolute atomic E-state index is 3.63. The van der Waals surface area contributed by atoms with Crippen LogP contribution in [0.4, 0.5) is 5.69 Å². The Labute approximate surface area is 118 Å². The first-order chi connectivity index (χ1) is 9.29. The molecular weight excluding hydrogens is 232 g/mol. The molecule has 0 aromatic heterocycles. The van der Waals surface area contributed by atoms with Gasteiger partial charge in [0.2, 0.25) is 0 Å². The van der Waals surface area contributed by atoms with Crippen molar-refractivity contribution >= 4 is 5.69 Å². The Balaban J connectivity index is 1.81. The molecule has 0 saturated carbocycles. The molecule has 2 rings (SSSR count). The molecule has 1 aromatic carbocycles. The number of unbranched alkanes of at least 4 members (excludes halogenated alkanes) is 2. The summed E-state index contributed by atoms with van der Waals surface area (Å²) in [7, 11) is 0. The summed E-state index contributed by atoms with van der Waals surface area (Å²) < 4.78 is 0. The number of fused-ring (bicyclic) bond motifs is 1. The molecule has 0 saturated heterocycles. The minimum Gasteiger partial charge on any atom is -0.385 e. The molecule has 2 N–H and O–H groups in total. The molecule has 2 nitrogen and oxygen atoms in total. The number of rotatable bonds is 7. The van der Waals surface area contributed by atoms with E-state index in [0.717, 1.165) is 19.5 Å². The molecule has 106 valence electrons. The zero-order valence-corrected chi connectivity index (χ0v) is 12.5. The van der Waals surface area contributed by atoms with Crippen LogP contribution in [0.3, 0.4) is 0 Å². The van der Waals surface area contributed by atoms with Crippen molar-refractivity contribution in [2.75, 3.05) is 18.4 Å². The molecule has 0 radical (unpaired) electrons. The van der Waals surface area contributed by atoms with Gasteiger partial charge in [0, 0.05) is 18.3 Å². The van der Waals surface area contributed by atoms with E-state index in [0.29, 0.717) is 6.04 Å². The van der Waals surface area contributed by atoms with Crippen molar-refractivity contribution in [1.29, 1.82) is 0 Å². The highest BCUT2D eigenvalue weighted by Crippen LogP contribution is 2.23. The number of hydrogen-bond acceptors (Lipinski definition) is 2. The molecule has 1 heterocycles. The van der Waals surface area contributed by atoms with Gasteiger partial charge in [-0.05, 0) is 56.3 Å². The second-order valence-electron chi connectivity index (χ2n) is 5.79. The van der Waals surface area contributed by atoms with E-state index in [4.69, 9.17) is 0 Å². The molecule has 0 aliphatic carbocycles. The van der Waals surface area contributed by atoms with Crippen molar-refractivity contribution in [3.05, 3.63) is 29.3 Å². The van der Waals surface area contributed by atoms with Crippen LogP contribution in [0.5, 0.6) is 0 Å². The molecule has 1 aliphatic heterocycles. The zero-order chi connectivity index (χ0) is 13.5. The first-order valence-corrected chi connectivity index (χ1v) is 7.88. The zero-order valence-electron chi connectivity index (χ0n) is 12.5. The Kier molecular flexibility index (Phi) is 5.71. The number of aryl methyl sites for hydroxylation is 1. The summed E-state index contributed by atoms with van der Waals surface area (Å²) in [5.41, 5.74) is 4.32. The Morgan fingerprint density at radius 2 is 2.21 bits per heavy atom. The average Bonchev–Trinajstić information content (AvgIpc) is 2.43. The number of nitrogens with one attached hydrogen (secondary N) is 2. The van der Waals surface area contributed by atoms with Crippen molar-refractivity contribution in [3.8, 4) is 0 Å². The molecule has 0 fully saturated rings. The van der Waals surface area contributed by atoms with Gasteiger partial charge in [0.15, 0.2) is 0 Å². The Morgan fingerprint density at radius 3 is 3.05 bits per heavy atom. The molecule has 19 heavy (non-hydrogen) atoms. The monoisotopic (exact) mass is 260 g/mol. The summed E-state index contributed by atoms with van der Waals surface area (Å²) in [6.45, 7) is 6.83. The fourth-order valence-corrected chi connectivity index (χ4v) is 2.80. The van der Waals surface area contributed by atoms with E-state index in [2.05, 4.69) is 42.7 Å². The topological polar surface area (TPSA) is 24.1 Å². The van der Waals surface area contributed by atoms with Gasteiger partial charge in [-0.25, -0.2) is 0 Å². The lowest BCUT2D eigenvalue weighted by Crippen LogP contribution is -2.29. The molecule has 0 bridgehead atoms. The van der Waals surface area contributed by atoms with Gasteiger partial charge >= 0.3 is 0 Å². The molecular formula is C17H28N2. The number of benzene rings is 1. The lowest BCUT2D eigenvalue weighted by molar-refractivity contribution is 0.523. The summed E-state index contributed by atoms with van der Waals surface area (Å²) in [6, 6.07) is 7.51. The van der Waals surface area contributed by atoms with Crippen LogP contribution < -0.4 is 10.6 Å². The molecule has 1 aromatic rings. The van der Waals surface area contributed by atoms with Gasteiger partial charge in [-0.1, -0.05) is 31.9 Å². The van der Waals surface area contributed by atoms with Crippen molar-refractivity contribution in [1.82, 2.24) is 5.32 Å². The van der Waals surface area contributed by atoms with Gasteiger partial charge < -0.3 is 10.6 Å². The second-order valence-corrected chi connectivity index (χ2v) is 5.79. The van der Waals surface area contributed by atoms with E-state index in [1.807, 2.05) is 0 Å². The van der Waals surface area contributed by atoms with Crippen LogP contribution in [0.1, 0.15) is 50.7 Å². The standard InChI is InChI=1S/C17H28N2/c1-3-4-5-10-18-14(2)12-15-8-9-17-16(13-15)7-6-11-19-17/h8-9,13-14,18-19H,3-7,10-12H2,1-2H3. The first-order valence-electron chi connectivity index (χ1n) is 7.88. The van der Waals surface area contributed by atoms with Crippen LogP contribution in [0, 0.1) is 0 Å². The Morgan fingerprint density at radius 1 is 1.32 bits per heavy atom. The minimum atomic E-state index is 0.575. The van der Waals surface area contributed by atoms with Gasteiger partial charge in [0.1, 0.15) is 0 Å². The molecule has 0 spiro atoms. The summed E-state index contributed by atoms with van der Waals surface area (Å²) in [5, 5.41) is 7.11. The van der Waals surface area contributed by atoms with E-state index in [1.165, 1.54) is 48.9 Å². The third-order valence-electron chi connectivity index (χ3n) is 3.92. The van der Waals surface area contributed by atoms with E-state index in [9.17, 15) is 0 Å². The SMILES string of the molecule is CCCCCNC(C)Cc1ccc2c(c1)CCCN2. The minimum absolute atomic E-state index is 0.575. The van der Waals surface area contributed by atoms with Gasteiger partial charge in [0.25, 0.3) is 0 Å². The highest BCUT2D eigenvalue weighted by molar-refractivity contribution is 5.54. The van der Waals surface area contributed by atoms with E-state index < -0.39 is 0 Å². The quantitative estimate of drug-likeness (QED) is 0.730. The van der Waals surface area contributed by atoms with Crippen LogP contribution in [0.2, 0.25) is 0 Å². The van der Waals surface area contributed by atoms with Crippen molar-refractivity contribution in [3.63, 3.8) is 0 Å². The van der Waals surface area contributed by atoms with Crippen LogP contribution in [0.25, 0.3) is 0 Å². The van der Waals surface area contributed by atoms with Crippen LogP contribution in [0.15, 0.2) is 18.2 Å². The summed E-state index contributed by atoms with van der Waals surface area (Å²) in [4.78, 5) is 0. The molecule has 1 atom stereocenters. The van der Waals surface area contributed by atoms with E-state index in [1.54, 1.807) is 0 Å². The predicted octanol–water partition coefficient (Wildman–Crippen LogP) is 3.76. The predicted molar refractivity (Wildman–Crippen MR) is 83.9 cm³/mol. The third kappa shape index (κ3) is 4.54. The smallest absolute Gasteiger partial charge is 0.0372 e. The van der Waals surface area contributed by atoms with E-state index in [-0.39, 0.29) is 0 Å². The van der Waals surface area contributed by atoms with Crippen molar-refractivity contribution in [2.45, 2.75) is 58.4 Å². The lowest BCUT2D eigenvalue weighted by Gasteiger charge is -2.20. The Bertz CT molecular complexity index is 387. The first kappa shape index (κ1) is 14.4. The maximum Gasteiger partial charge on any atom is 0.0372 e. The van der Waals surface area contributed by atoms with Crippen LogP contribution in [-0.4, -0.2) is 19.1 Å². The van der Waals surface area contributed by atoms with E-state index >= 15 is 0 Å². The molecule has 0 amide bonds. The van der Waals surface area contributed by atoms with Crippen molar-refractivity contribution in [2.24, 2.45) is 0 Å². The summed E-state index contributed by atoms with van der Waals surface area (Å²) >= 11 is 0. The molecule has 2 heteroatoms. The molecule has 1 unspecified atom stereocenters. The number of anilines is 1. The fourth-order valence-electron chi connectivity index (χ4n) is 2.80. The average molecular weight is 260 g/mol. The molecule has 1 aliphatic rings. The fraction of sp³-hybridized carbons (Fsp3) is 0.647. The third-order valence-corrected chi connectivity index (χ3v) is 3.92. The summed E-state index contributed by atoms with van der Waals surface area (Å²) in [6.07, 6.45) is 7.57. The van der Waals surface area contributed by atoms with Crippen molar-refractivity contribution < 1.29 is 0 Å². The normalized spacial score (nSPS) is 15.7. The highest BCUT2D eigenvalue weighted by atomic mass is 14.9. The van der Waals surface area contributed by atoms with Crippen LogP contribution >= 0.6 is 0 Å². The van der Waals surface area contributed by atoms with Gasteiger partial charge in [-0.15, -0.1) is 0 Å². The largest absolute Gasteiger partial charge is 0.385 e. The Hall–Kier alpha value is -1.02. The van der Waals surface area contributed by atoms with Gasteiger partial charge in [-0.2, -0.15) is 0 Å².